The van der Waals surface area contributed by atoms with E-state index in [4.69, 9.17) is 0 Å². The van der Waals surface area contributed by atoms with E-state index in [0.717, 1.165) is 11.0 Å². The second-order valence-electron chi connectivity index (χ2n) is 2.04. The van der Waals surface area contributed by atoms with E-state index in [0.29, 0.717) is 6.04 Å². The van der Waals surface area contributed by atoms with Crippen LogP contribution in [-0.4, -0.2) is 11.4 Å². The first kappa shape index (κ1) is 8.02. The fourth-order valence-corrected chi connectivity index (χ4v) is 0.609. The van der Waals surface area contributed by atoms with Crippen LogP contribution < -0.4 is 5.32 Å². The molecule has 0 aliphatic carbocycles. The Bertz CT molecular complexity index is 78.6. The number of hydrogen-bond acceptors (Lipinski definition) is 1. The molecule has 0 amide bonds. The third-order valence-electron chi connectivity index (χ3n) is 0.654. The monoisotopic (exact) mass is 177 g/mol. The van der Waals surface area contributed by atoms with E-state index in [-0.39, 0.29) is 0 Å². The van der Waals surface area contributed by atoms with Crippen molar-refractivity contribution in [3.63, 3.8) is 0 Å². The Kier molecular flexibility index (Phi) is 3.97. The van der Waals surface area contributed by atoms with Gasteiger partial charge in [0.15, 0.2) is 0 Å². The summed E-state index contributed by atoms with van der Waals surface area (Å²) in [6.07, 6.45) is 0. The van der Waals surface area contributed by atoms with Crippen LogP contribution in [0.4, 0.5) is 0 Å². The van der Waals surface area contributed by atoms with Gasteiger partial charge in [0.05, 0.1) is 0 Å². The molecule has 0 aliphatic heterocycles. The Balaban J connectivity index is 3.25. The summed E-state index contributed by atoms with van der Waals surface area (Å²) >= 11 is 3.28. The van der Waals surface area contributed by atoms with E-state index < -0.39 is 0 Å². The van der Waals surface area contributed by atoms with Crippen molar-refractivity contribution in [1.29, 1.82) is 0 Å². The molecule has 0 atom stereocenters. The van der Waals surface area contributed by atoms with Gasteiger partial charge < -0.3 is 5.32 Å². The van der Waals surface area contributed by atoms with Gasteiger partial charge in [-0.15, -0.1) is 0 Å². The predicted octanol–water partition coefficient (Wildman–Crippen LogP) is 1.89. The highest BCUT2D eigenvalue weighted by Crippen LogP contribution is 1.92. The molecule has 0 spiro atoms. The van der Waals surface area contributed by atoms with Gasteiger partial charge in [0, 0.05) is 17.1 Å². The summed E-state index contributed by atoms with van der Waals surface area (Å²) in [5, 5.41) is 3.99. The standard InChI is InChI=1S/C6H12BrN/c1-5(2)8-6(3)4-7/h5,8H,3-4H2,1-2H3. The van der Waals surface area contributed by atoms with Crippen LogP contribution in [0.2, 0.25) is 0 Å². The zero-order valence-electron chi connectivity index (χ0n) is 5.37. The predicted molar refractivity (Wildman–Crippen MR) is 41.2 cm³/mol. The average Bonchev–Trinajstić information content (AvgIpc) is 1.65. The molecule has 0 radical (unpaired) electrons. The quantitative estimate of drug-likeness (QED) is 0.650. The highest BCUT2D eigenvalue weighted by molar-refractivity contribution is 9.09. The van der Waals surface area contributed by atoms with Crippen LogP contribution in [0.15, 0.2) is 12.3 Å². The molecule has 0 saturated heterocycles. The normalized spacial score (nSPS) is 9.50. The Labute approximate surface area is 59.3 Å². The maximum absolute atomic E-state index is 3.76. The minimum Gasteiger partial charge on any atom is -0.386 e. The first-order valence-electron chi connectivity index (χ1n) is 2.67. The van der Waals surface area contributed by atoms with Crippen molar-refractivity contribution in [3.8, 4) is 0 Å². The number of hydrogen-bond donors (Lipinski definition) is 1. The first-order valence-corrected chi connectivity index (χ1v) is 3.79. The summed E-state index contributed by atoms with van der Waals surface area (Å²) in [4.78, 5) is 0. The van der Waals surface area contributed by atoms with E-state index in [1.165, 1.54) is 0 Å². The summed E-state index contributed by atoms with van der Waals surface area (Å²) in [6.45, 7) is 7.94. The SMILES string of the molecule is C=C(CBr)NC(C)C. The summed E-state index contributed by atoms with van der Waals surface area (Å²) in [6, 6.07) is 0.500. The van der Waals surface area contributed by atoms with Gasteiger partial charge in [-0.2, -0.15) is 0 Å². The maximum atomic E-state index is 3.76. The highest BCUT2D eigenvalue weighted by Gasteiger charge is 1.91. The topological polar surface area (TPSA) is 12.0 Å². The molecule has 0 fully saturated rings. The third-order valence-corrected chi connectivity index (χ3v) is 1.33. The molecule has 2 heteroatoms. The Hall–Kier alpha value is 0.0200. The van der Waals surface area contributed by atoms with Crippen molar-refractivity contribution in [3.05, 3.63) is 12.3 Å². The van der Waals surface area contributed by atoms with E-state index in [2.05, 4.69) is 41.7 Å². The van der Waals surface area contributed by atoms with E-state index in [1.807, 2.05) is 0 Å². The molecule has 0 aromatic carbocycles. The van der Waals surface area contributed by atoms with Crippen molar-refractivity contribution in [1.82, 2.24) is 5.32 Å². The highest BCUT2D eigenvalue weighted by atomic mass is 79.9. The minimum absolute atomic E-state index is 0.500. The van der Waals surface area contributed by atoms with Gasteiger partial charge in [-0.3, -0.25) is 0 Å². The van der Waals surface area contributed by atoms with Crippen LogP contribution in [0, 0.1) is 0 Å². The number of allylic oxidation sites excluding steroid dienone is 1. The largest absolute Gasteiger partial charge is 0.386 e. The van der Waals surface area contributed by atoms with E-state index in [1.54, 1.807) is 0 Å². The van der Waals surface area contributed by atoms with Gasteiger partial charge in [-0.1, -0.05) is 22.5 Å². The molecule has 0 aliphatic rings. The zero-order chi connectivity index (χ0) is 6.57. The summed E-state index contributed by atoms with van der Waals surface area (Å²) in [5.41, 5.74) is 1.04. The first-order chi connectivity index (χ1) is 3.66. The smallest absolute Gasteiger partial charge is 0.0425 e. The number of alkyl halides is 1. The Morgan fingerprint density at radius 2 is 2.25 bits per heavy atom. The second kappa shape index (κ2) is 3.96. The van der Waals surface area contributed by atoms with E-state index >= 15 is 0 Å². The molecular weight excluding hydrogens is 166 g/mol. The van der Waals surface area contributed by atoms with E-state index in [9.17, 15) is 0 Å². The molecule has 48 valence electrons. The molecule has 1 N–H and O–H groups in total. The van der Waals surface area contributed by atoms with Crippen molar-refractivity contribution >= 4 is 15.9 Å². The van der Waals surface area contributed by atoms with Crippen molar-refractivity contribution in [2.75, 3.05) is 5.33 Å². The maximum Gasteiger partial charge on any atom is 0.0425 e. The lowest BCUT2D eigenvalue weighted by Crippen LogP contribution is -2.21. The molecule has 0 bridgehead atoms. The number of nitrogens with one attached hydrogen (secondary N) is 1. The third kappa shape index (κ3) is 4.19. The molecular formula is C6H12BrN. The van der Waals surface area contributed by atoms with Gasteiger partial charge in [0.2, 0.25) is 0 Å². The van der Waals surface area contributed by atoms with Gasteiger partial charge in [0.25, 0.3) is 0 Å². The molecule has 8 heavy (non-hydrogen) atoms. The number of halogens is 1. The molecule has 0 saturated carbocycles. The van der Waals surface area contributed by atoms with Gasteiger partial charge >= 0.3 is 0 Å². The average molecular weight is 178 g/mol. The van der Waals surface area contributed by atoms with Gasteiger partial charge in [-0.25, -0.2) is 0 Å². The molecule has 0 heterocycles. The lowest BCUT2D eigenvalue weighted by molar-refractivity contribution is 0.674. The van der Waals surface area contributed by atoms with Crippen LogP contribution in [0.3, 0.4) is 0 Å². The number of rotatable bonds is 3. The molecule has 0 aromatic heterocycles. The molecule has 1 nitrogen and oxygen atoms in total. The van der Waals surface area contributed by atoms with Crippen molar-refractivity contribution in [2.45, 2.75) is 19.9 Å². The second-order valence-corrected chi connectivity index (χ2v) is 2.60. The van der Waals surface area contributed by atoms with Gasteiger partial charge in [0.1, 0.15) is 0 Å². The fraction of sp³-hybridized carbons (Fsp3) is 0.667. The summed E-state index contributed by atoms with van der Waals surface area (Å²) in [7, 11) is 0. The zero-order valence-corrected chi connectivity index (χ0v) is 6.96. The molecule has 0 unspecified atom stereocenters. The molecule has 0 aromatic rings. The Morgan fingerprint density at radius 1 is 1.75 bits per heavy atom. The minimum atomic E-state index is 0.500. The summed E-state index contributed by atoms with van der Waals surface area (Å²) in [5.74, 6) is 0. The fourth-order valence-electron chi connectivity index (χ4n) is 0.447. The van der Waals surface area contributed by atoms with Crippen LogP contribution in [0.25, 0.3) is 0 Å². The van der Waals surface area contributed by atoms with Crippen LogP contribution in [0.1, 0.15) is 13.8 Å². The Morgan fingerprint density at radius 3 is 2.38 bits per heavy atom. The lowest BCUT2D eigenvalue weighted by atomic mass is 10.4. The van der Waals surface area contributed by atoms with Crippen LogP contribution in [-0.2, 0) is 0 Å². The van der Waals surface area contributed by atoms with Crippen molar-refractivity contribution in [2.24, 2.45) is 0 Å². The summed E-state index contributed by atoms with van der Waals surface area (Å²) < 4.78 is 0. The van der Waals surface area contributed by atoms with Crippen molar-refractivity contribution < 1.29 is 0 Å². The van der Waals surface area contributed by atoms with Crippen LogP contribution in [0.5, 0.6) is 0 Å². The van der Waals surface area contributed by atoms with Crippen LogP contribution >= 0.6 is 15.9 Å². The lowest BCUT2D eigenvalue weighted by Gasteiger charge is -2.08. The van der Waals surface area contributed by atoms with Gasteiger partial charge in [-0.05, 0) is 13.8 Å². The molecule has 0 rings (SSSR count).